The van der Waals surface area contributed by atoms with Gasteiger partial charge in [-0.15, -0.1) is 0 Å². The average Bonchev–Trinajstić information content (AvgIpc) is 2.17. The zero-order valence-electron chi connectivity index (χ0n) is 7.29. The number of anilines is 1. The fraction of sp³-hybridized carbons (Fsp3) is 0.500. The standard InChI is InChI=1S/C8H12BrN3/c1-3-12(2)8-10-5-7(4-9)6-11-8/h5-6H,3-4H2,1-2H3. The number of alkyl halides is 1. The molecule has 0 aromatic carbocycles. The molecule has 0 saturated carbocycles. The largest absolute Gasteiger partial charge is 0.344 e. The average molecular weight is 230 g/mol. The van der Waals surface area contributed by atoms with Gasteiger partial charge in [0, 0.05) is 31.3 Å². The summed E-state index contributed by atoms with van der Waals surface area (Å²) in [5.41, 5.74) is 1.10. The van der Waals surface area contributed by atoms with Crippen LogP contribution in [0.3, 0.4) is 0 Å². The van der Waals surface area contributed by atoms with Gasteiger partial charge in [-0.2, -0.15) is 0 Å². The first-order valence-corrected chi connectivity index (χ1v) is 4.98. The minimum absolute atomic E-state index is 0.780. The smallest absolute Gasteiger partial charge is 0.224 e. The Balaban J connectivity index is 2.77. The molecule has 0 amide bonds. The van der Waals surface area contributed by atoms with Crippen molar-refractivity contribution < 1.29 is 0 Å². The Kier molecular flexibility index (Phi) is 3.47. The second kappa shape index (κ2) is 4.40. The summed E-state index contributed by atoms with van der Waals surface area (Å²) < 4.78 is 0. The third kappa shape index (κ3) is 2.17. The van der Waals surface area contributed by atoms with E-state index < -0.39 is 0 Å². The molecule has 1 rings (SSSR count). The monoisotopic (exact) mass is 229 g/mol. The van der Waals surface area contributed by atoms with Crippen molar-refractivity contribution >= 4 is 21.9 Å². The summed E-state index contributed by atoms with van der Waals surface area (Å²) in [7, 11) is 1.98. The van der Waals surface area contributed by atoms with Gasteiger partial charge < -0.3 is 4.90 Å². The molecule has 1 aromatic heterocycles. The van der Waals surface area contributed by atoms with E-state index >= 15 is 0 Å². The Labute approximate surface area is 81.0 Å². The molecule has 0 N–H and O–H groups in total. The molecule has 0 bridgehead atoms. The first-order chi connectivity index (χ1) is 5.77. The highest BCUT2D eigenvalue weighted by molar-refractivity contribution is 9.08. The van der Waals surface area contributed by atoms with Crippen molar-refractivity contribution in [2.24, 2.45) is 0 Å². The van der Waals surface area contributed by atoms with E-state index in [1.165, 1.54) is 0 Å². The molecule has 3 nitrogen and oxygen atoms in total. The summed E-state index contributed by atoms with van der Waals surface area (Å²) in [6.07, 6.45) is 3.67. The summed E-state index contributed by atoms with van der Waals surface area (Å²) in [6.45, 7) is 3.00. The number of nitrogens with zero attached hydrogens (tertiary/aromatic N) is 3. The van der Waals surface area contributed by atoms with Crippen molar-refractivity contribution in [2.45, 2.75) is 12.3 Å². The minimum Gasteiger partial charge on any atom is -0.344 e. The highest BCUT2D eigenvalue weighted by atomic mass is 79.9. The van der Waals surface area contributed by atoms with Gasteiger partial charge in [0.25, 0.3) is 0 Å². The van der Waals surface area contributed by atoms with Crippen LogP contribution in [0.4, 0.5) is 5.95 Å². The highest BCUT2D eigenvalue weighted by Crippen LogP contribution is 2.06. The lowest BCUT2D eigenvalue weighted by Crippen LogP contribution is -2.18. The van der Waals surface area contributed by atoms with Gasteiger partial charge >= 0.3 is 0 Å². The van der Waals surface area contributed by atoms with Crippen LogP contribution in [0.25, 0.3) is 0 Å². The van der Waals surface area contributed by atoms with E-state index in [9.17, 15) is 0 Å². The Morgan fingerprint density at radius 2 is 2.00 bits per heavy atom. The number of hydrogen-bond acceptors (Lipinski definition) is 3. The molecule has 0 spiro atoms. The first kappa shape index (κ1) is 9.45. The van der Waals surface area contributed by atoms with E-state index in [2.05, 4.69) is 32.8 Å². The second-order valence-corrected chi connectivity index (χ2v) is 3.10. The van der Waals surface area contributed by atoms with Crippen molar-refractivity contribution in [3.05, 3.63) is 18.0 Å². The Hall–Kier alpha value is -0.640. The van der Waals surface area contributed by atoms with Gasteiger partial charge in [0.05, 0.1) is 0 Å². The zero-order chi connectivity index (χ0) is 8.97. The summed E-state index contributed by atoms with van der Waals surface area (Å²) in [6, 6.07) is 0. The van der Waals surface area contributed by atoms with Crippen molar-refractivity contribution in [3.63, 3.8) is 0 Å². The lowest BCUT2D eigenvalue weighted by Gasteiger charge is -2.13. The molecule has 12 heavy (non-hydrogen) atoms. The number of aromatic nitrogens is 2. The van der Waals surface area contributed by atoms with Crippen LogP contribution in [0, 0.1) is 0 Å². The third-order valence-electron chi connectivity index (χ3n) is 1.66. The molecule has 0 aliphatic carbocycles. The predicted molar refractivity (Wildman–Crippen MR) is 53.6 cm³/mol. The molecule has 1 heterocycles. The molecule has 0 radical (unpaired) electrons. The first-order valence-electron chi connectivity index (χ1n) is 3.86. The predicted octanol–water partition coefficient (Wildman–Crippen LogP) is 1.83. The van der Waals surface area contributed by atoms with Crippen molar-refractivity contribution in [1.29, 1.82) is 0 Å². The summed E-state index contributed by atoms with van der Waals surface area (Å²) in [4.78, 5) is 10.4. The van der Waals surface area contributed by atoms with E-state index in [0.29, 0.717) is 0 Å². The zero-order valence-corrected chi connectivity index (χ0v) is 8.87. The third-order valence-corrected chi connectivity index (χ3v) is 2.31. The normalized spacial score (nSPS) is 9.92. The van der Waals surface area contributed by atoms with Gasteiger partial charge in [-0.25, -0.2) is 9.97 Å². The molecule has 0 unspecified atom stereocenters. The van der Waals surface area contributed by atoms with Gasteiger partial charge in [-0.3, -0.25) is 0 Å². The summed E-state index contributed by atoms with van der Waals surface area (Å²) in [5.74, 6) is 0.780. The SMILES string of the molecule is CCN(C)c1ncc(CBr)cn1. The van der Waals surface area contributed by atoms with Crippen LogP contribution < -0.4 is 4.90 Å². The van der Waals surface area contributed by atoms with E-state index in [0.717, 1.165) is 23.4 Å². The van der Waals surface area contributed by atoms with Crippen LogP contribution in [-0.4, -0.2) is 23.6 Å². The molecule has 66 valence electrons. The molecule has 0 atom stereocenters. The van der Waals surface area contributed by atoms with Gasteiger partial charge in [-0.05, 0) is 12.5 Å². The van der Waals surface area contributed by atoms with Gasteiger partial charge in [0.15, 0.2) is 0 Å². The lowest BCUT2D eigenvalue weighted by atomic mass is 10.4. The maximum atomic E-state index is 4.21. The van der Waals surface area contributed by atoms with Crippen molar-refractivity contribution in [1.82, 2.24) is 9.97 Å². The topological polar surface area (TPSA) is 29.0 Å². The van der Waals surface area contributed by atoms with Gasteiger partial charge in [0.1, 0.15) is 0 Å². The van der Waals surface area contributed by atoms with E-state index in [-0.39, 0.29) is 0 Å². The summed E-state index contributed by atoms with van der Waals surface area (Å²) >= 11 is 3.34. The van der Waals surface area contributed by atoms with Crippen LogP contribution >= 0.6 is 15.9 Å². The molecule has 0 aliphatic rings. The molecule has 4 heteroatoms. The fourth-order valence-electron chi connectivity index (χ4n) is 0.756. The molecular weight excluding hydrogens is 218 g/mol. The lowest BCUT2D eigenvalue weighted by molar-refractivity contribution is 0.896. The number of hydrogen-bond donors (Lipinski definition) is 0. The Morgan fingerprint density at radius 1 is 1.42 bits per heavy atom. The van der Waals surface area contributed by atoms with Gasteiger partial charge in [0.2, 0.25) is 5.95 Å². The van der Waals surface area contributed by atoms with Gasteiger partial charge in [-0.1, -0.05) is 15.9 Å². The quantitative estimate of drug-likeness (QED) is 0.741. The maximum Gasteiger partial charge on any atom is 0.224 e. The van der Waals surface area contributed by atoms with Crippen LogP contribution in [0.2, 0.25) is 0 Å². The molecule has 0 fully saturated rings. The van der Waals surface area contributed by atoms with Crippen molar-refractivity contribution in [2.75, 3.05) is 18.5 Å². The second-order valence-electron chi connectivity index (χ2n) is 2.54. The van der Waals surface area contributed by atoms with E-state index in [4.69, 9.17) is 0 Å². The fourth-order valence-corrected chi connectivity index (χ4v) is 1.05. The summed E-state index contributed by atoms with van der Waals surface area (Å²) in [5, 5.41) is 0.809. The molecule has 0 saturated heterocycles. The highest BCUT2D eigenvalue weighted by Gasteiger charge is 1.99. The minimum atomic E-state index is 0.780. The molecular formula is C8H12BrN3. The van der Waals surface area contributed by atoms with Crippen LogP contribution in [0.1, 0.15) is 12.5 Å². The van der Waals surface area contributed by atoms with E-state index in [1.807, 2.05) is 24.3 Å². The number of halogens is 1. The van der Waals surface area contributed by atoms with Crippen LogP contribution in [-0.2, 0) is 5.33 Å². The molecule has 1 aromatic rings. The molecule has 0 aliphatic heterocycles. The Bertz CT molecular complexity index is 235. The Morgan fingerprint density at radius 3 is 2.42 bits per heavy atom. The number of rotatable bonds is 3. The van der Waals surface area contributed by atoms with E-state index in [1.54, 1.807) is 0 Å². The van der Waals surface area contributed by atoms with Crippen LogP contribution in [0.15, 0.2) is 12.4 Å². The maximum absolute atomic E-state index is 4.21. The van der Waals surface area contributed by atoms with Crippen molar-refractivity contribution in [3.8, 4) is 0 Å². The van der Waals surface area contributed by atoms with Crippen LogP contribution in [0.5, 0.6) is 0 Å².